The molecule has 9 nitrogen and oxygen atoms in total. The number of piperazine rings is 1. The molecule has 0 spiro atoms. The first-order valence-corrected chi connectivity index (χ1v) is 8.26. The number of ether oxygens (including phenoxy) is 2. The van der Waals surface area contributed by atoms with Crippen molar-refractivity contribution in [3.63, 3.8) is 0 Å². The number of carbonyl (C=O) groups is 2. The van der Waals surface area contributed by atoms with Gasteiger partial charge >= 0.3 is 6.61 Å². The predicted molar refractivity (Wildman–Crippen MR) is 94.1 cm³/mol. The number of nitro benzene ring substituents is 1. The summed E-state index contributed by atoms with van der Waals surface area (Å²) in [4.78, 5) is 37.2. The van der Waals surface area contributed by atoms with Crippen LogP contribution in [0.5, 0.6) is 11.5 Å². The van der Waals surface area contributed by atoms with E-state index < -0.39 is 23.0 Å². The number of rotatable bonds is 6. The maximum absolute atomic E-state index is 12.5. The fraction of sp³-hybridized carbons (Fsp3) is 0.412. The van der Waals surface area contributed by atoms with Crippen LogP contribution in [0, 0.1) is 10.1 Å². The zero-order valence-corrected chi connectivity index (χ0v) is 15.3. The van der Waals surface area contributed by atoms with E-state index in [1.807, 2.05) is 0 Å². The van der Waals surface area contributed by atoms with E-state index in [1.54, 1.807) is 4.90 Å². The highest BCUT2D eigenvalue weighted by atomic mass is 19.3. The SMILES string of the molecule is COc1cc(/C=C/C(=O)N2CCN(C(C)=O)CC2)c([N+](=O)[O-])cc1OC(F)F. The zero-order chi connectivity index (χ0) is 20.8. The number of nitrogens with zero attached hydrogens (tertiary/aromatic N) is 3. The van der Waals surface area contributed by atoms with Gasteiger partial charge in [0.15, 0.2) is 11.5 Å². The second kappa shape index (κ2) is 9.11. The van der Waals surface area contributed by atoms with Crippen molar-refractivity contribution in [2.24, 2.45) is 0 Å². The van der Waals surface area contributed by atoms with E-state index >= 15 is 0 Å². The van der Waals surface area contributed by atoms with Gasteiger partial charge in [0, 0.05) is 39.2 Å². The minimum atomic E-state index is -3.18. The Balaban J connectivity index is 2.21. The third-order valence-corrected chi connectivity index (χ3v) is 4.17. The van der Waals surface area contributed by atoms with Crippen LogP contribution in [0.25, 0.3) is 6.08 Å². The molecule has 1 heterocycles. The van der Waals surface area contributed by atoms with Gasteiger partial charge in [0.25, 0.3) is 5.69 Å². The van der Waals surface area contributed by atoms with Crippen LogP contribution < -0.4 is 9.47 Å². The van der Waals surface area contributed by atoms with E-state index in [2.05, 4.69) is 4.74 Å². The van der Waals surface area contributed by atoms with Crippen molar-refractivity contribution in [3.05, 3.63) is 33.9 Å². The smallest absolute Gasteiger partial charge is 0.387 e. The Labute approximate surface area is 159 Å². The predicted octanol–water partition coefficient (Wildman–Crippen LogP) is 1.91. The molecule has 0 N–H and O–H groups in total. The van der Waals surface area contributed by atoms with Crippen molar-refractivity contribution in [1.82, 2.24) is 9.80 Å². The quantitative estimate of drug-likeness (QED) is 0.411. The van der Waals surface area contributed by atoms with Crippen molar-refractivity contribution in [3.8, 4) is 11.5 Å². The summed E-state index contributed by atoms with van der Waals surface area (Å²) in [7, 11) is 1.20. The standard InChI is InChI=1S/C17H19F2N3O6/c1-11(23)20-5-7-21(8-6-20)16(24)4-3-12-9-14(27-2)15(28-17(18)19)10-13(12)22(25)26/h3-4,9-10,17H,5-8H2,1-2H3/b4-3+. The Morgan fingerprint density at radius 2 is 1.79 bits per heavy atom. The van der Waals surface area contributed by atoms with Gasteiger partial charge in [0.2, 0.25) is 11.8 Å². The molecule has 1 aliphatic rings. The van der Waals surface area contributed by atoms with Crippen LogP contribution in [-0.4, -0.2) is 66.4 Å². The molecule has 1 aromatic carbocycles. The summed E-state index contributed by atoms with van der Waals surface area (Å²) in [5, 5.41) is 11.3. The molecule has 1 saturated heterocycles. The number of hydrogen-bond donors (Lipinski definition) is 0. The molecule has 1 aromatic rings. The minimum absolute atomic E-state index is 0.000752. The number of methoxy groups -OCH3 is 1. The summed E-state index contributed by atoms with van der Waals surface area (Å²) in [6.45, 7) is -0.230. The lowest BCUT2D eigenvalue weighted by molar-refractivity contribution is -0.385. The molecule has 0 saturated carbocycles. The normalized spacial score (nSPS) is 14.5. The van der Waals surface area contributed by atoms with Gasteiger partial charge in [-0.25, -0.2) is 0 Å². The van der Waals surface area contributed by atoms with Crippen LogP contribution in [-0.2, 0) is 9.59 Å². The lowest BCUT2D eigenvalue weighted by Crippen LogP contribution is -2.49. The molecule has 0 aromatic heterocycles. The summed E-state index contributed by atoms with van der Waals surface area (Å²) < 4.78 is 34.1. The first kappa shape index (κ1) is 21.1. The first-order chi connectivity index (χ1) is 13.2. The Morgan fingerprint density at radius 1 is 1.18 bits per heavy atom. The monoisotopic (exact) mass is 399 g/mol. The zero-order valence-electron chi connectivity index (χ0n) is 15.3. The van der Waals surface area contributed by atoms with Gasteiger partial charge in [-0.2, -0.15) is 8.78 Å². The summed E-state index contributed by atoms with van der Waals surface area (Å²) in [6, 6.07) is 1.97. The minimum Gasteiger partial charge on any atom is -0.493 e. The van der Waals surface area contributed by atoms with Crippen LogP contribution in [0.3, 0.4) is 0 Å². The lowest BCUT2D eigenvalue weighted by Gasteiger charge is -2.33. The number of halogens is 2. The number of carbonyl (C=O) groups excluding carboxylic acids is 2. The molecule has 1 aliphatic heterocycles. The van der Waals surface area contributed by atoms with Gasteiger partial charge in [0.1, 0.15) is 0 Å². The molecule has 0 atom stereocenters. The Bertz CT molecular complexity index is 791. The largest absolute Gasteiger partial charge is 0.493 e. The molecule has 0 bridgehead atoms. The summed E-state index contributed by atoms with van der Waals surface area (Å²) in [6.07, 6.45) is 2.37. The Hall–Kier alpha value is -3.24. The summed E-state index contributed by atoms with van der Waals surface area (Å²) >= 11 is 0. The molecule has 28 heavy (non-hydrogen) atoms. The van der Waals surface area contributed by atoms with Gasteiger partial charge in [0.05, 0.1) is 23.7 Å². The van der Waals surface area contributed by atoms with Crippen molar-refractivity contribution < 1.29 is 32.8 Å². The van der Waals surface area contributed by atoms with Crippen LogP contribution in [0.15, 0.2) is 18.2 Å². The number of alkyl halides is 2. The van der Waals surface area contributed by atoms with Crippen LogP contribution in [0.1, 0.15) is 12.5 Å². The Kier molecular flexibility index (Phi) is 6.85. The molecular weight excluding hydrogens is 380 g/mol. The maximum atomic E-state index is 12.5. The highest BCUT2D eigenvalue weighted by Crippen LogP contribution is 2.36. The topological polar surface area (TPSA) is 102 Å². The molecule has 0 radical (unpaired) electrons. The second-order valence-corrected chi connectivity index (χ2v) is 5.86. The lowest BCUT2D eigenvalue weighted by atomic mass is 10.1. The second-order valence-electron chi connectivity index (χ2n) is 5.86. The van der Waals surface area contributed by atoms with Crippen LogP contribution >= 0.6 is 0 Å². The molecule has 11 heteroatoms. The molecular formula is C17H19F2N3O6. The van der Waals surface area contributed by atoms with E-state index in [0.717, 1.165) is 18.2 Å². The number of nitro groups is 1. The Morgan fingerprint density at radius 3 is 2.29 bits per heavy atom. The third kappa shape index (κ3) is 5.15. The molecule has 2 rings (SSSR count). The van der Waals surface area contributed by atoms with Crippen molar-refractivity contribution in [2.45, 2.75) is 13.5 Å². The fourth-order valence-corrected chi connectivity index (χ4v) is 2.71. The fourth-order valence-electron chi connectivity index (χ4n) is 2.71. The summed E-state index contributed by atoms with van der Waals surface area (Å²) in [5.74, 6) is -1.07. The van der Waals surface area contributed by atoms with Crippen LogP contribution in [0.2, 0.25) is 0 Å². The van der Waals surface area contributed by atoms with Gasteiger partial charge in [-0.1, -0.05) is 0 Å². The number of hydrogen-bond acceptors (Lipinski definition) is 6. The average molecular weight is 399 g/mol. The van der Waals surface area contributed by atoms with E-state index in [1.165, 1.54) is 25.0 Å². The highest BCUT2D eigenvalue weighted by Gasteiger charge is 2.23. The van der Waals surface area contributed by atoms with Gasteiger partial charge in [-0.05, 0) is 12.1 Å². The first-order valence-electron chi connectivity index (χ1n) is 8.26. The van der Waals surface area contributed by atoms with Crippen molar-refractivity contribution in [2.75, 3.05) is 33.3 Å². The van der Waals surface area contributed by atoms with Gasteiger partial charge < -0.3 is 19.3 Å². The van der Waals surface area contributed by atoms with Gasteiger partial charge in [-0.3, -0.25) is 19.7 Å². The molecule has 0 aliphatic carbocycles. The van der Waals surface area contributed by atoms with E-state index in [0.29, 0.717) is 26.2 Å². The van der Waals surface area contributed by atoms with E-state index in [-0.39, 0.29) is 23.1 Å². The average Bonchev–Trinajstić information content (AvgIpc) is 2.65. The molecule has 1 fully saturated rings. The van der Waals surface area contributed by atoms with Crippen molar-refractivity contribution >= 4 is 23.6 Å². The summed E-state index contributed by atoms with van der Waals surface area (Å²) in [5.41, 5.74) is -0.513. The highest BCUT2D eigenvalue weighted by molar-refractivity contribution is 5.92. The molecule has 152 valence electrons. The molecule has 0 unspecified atom stereocenters. The maximum Gasteiger partial charge on any atom is 0.387 e. The van der Waals surface area contributed by atoms with Crippen LogP contribution in [0.4, 0.5) is 14.5 Å². The van der Waals surface area contributed by atoms with Gasteiger partial charge in [-0.15, -0.1) is 0 Å². The van der Waals surface area contributed by atoms with E-state index in [4.69, 9.17) is 4.74 Å². The third-order valence-electron chi connectivity index (χ3n) is 4.17. The number of amides is 2. The molecule has 2 amide bonds. The van der Waals surface area contributed by atoms with E-state index in [9.17, 15) is 28.5 Å². The number of benzene rings is 1. The van der Waals surface area contributed by atoms with Crippen molar-refractivity contribution in [1.29, 1.82) is 0 Å².